The van der Waals surface area contributed by atoms with E-state index < -0.39 is 42.3 Å². The van der Waals surface area contributed by atoms with E-state index in [0.717, 1.165) is 0 Å². The Kier molecular flexibility index (Phi) is 6.27. The lowest BCUT2D eigenvalue weighted by Crippen LogP contribution is -2.58. The van der Waals surface area contributed by atoms with Gasteiger partial charge in [-0.1, -0.05) is 20.8 Å². The van der Waals surface area contributed by atoms with Gasteiger partial charge in [0.2, 0.25) is 5.91 Å². The lowest BCUT2D eigenvalue weighted by molar-refractivity contribution is -0.143. The maximum atomic E-state index is 12.1. The Bertz CT molecular complexity index is 353. The largest absolute Gasteiger partial charge is 0.465 e. The van der Waals surface area contributed by atoms with Crippen LogP contribution in [-0.2, 0) is 9.53 Å². The standard InChI is InChI=1S/C11H19F3N2O4/c1-10(2,3)7(20-4)6(16-9(18)19)8(17)15-5-11(12,13)14/h6-7,16H,5H2,1-4H3,(H,15,17)(H,18,19). The molecule has 0 fully saturated rings. The highest BCUT2D eigenvalue weighted by atomic mass is 19.4. The first-order chi connectivity index (χ1) is 8.88. The Labute approximate surface area is 114 Å². The number of hydrogen-bond donors (Lipinski definition) is 3. The van der Waals surface area contributed by atoms with Crippen molar-refractivity contribution in [2.75, 3.05) is 13.7 Å². The fourth-order valence-electron chi connectivity index (χ4n) is 1.70. The molecule has 0 rings (SSSR count). The number of halogens is 3. The van der Waals surface area contributed by atoms with Crippen molar-refractivity contribution in [3.8, 4) is 0 Å². The molecule has 0 heterocycles. The zero-order valence-corrected chi connectivity index (χ0v) is 11.7. The van der Waals surface area contributed by atoms with E-state index >= 15 is 0 Å². The SMILES string of the molecule is COC(C(NC(=O)O)C(=O)NCC(F)(F)F)C(C)(C)C. The summed E-state index contributed by atoms with van der Waals surface area (Å²) >= 11 is 0. The van der Waals surface area contributed by atoms with Gasteiger partial charge >= 0.3 is 12.3 Å². The van der Waals surface area contributed by atoms with Crippen LogP contribution in [0.2, 0.25) is 0 Å². The highest BCUT2D eigenvalue weighted by Crippen LogP contribution is 2.25. The number of carboxylic acid groups (broad SMARTS) is 1. The van der Waals surface area contributed by atoms with Crippen LogP contribution < -0.4 is 10.6 Å². The molecule has 0 aromatic rings. The fraction of sp³-hybridized carbons (Fsp3) is 0.818. The second-order valence-corrected chi connectivity index (χ2v) is 5.28. The first-order valence-corrected chi connectivity index (χ1v) is 5.75. The van der Waals surface area contributed by atoms with E-state index in [1.165, 1.54) is 7.11 Å². The molecule has 3 N–H and O–H groups in total. The van der Waals surface area contributed by atoms with Gasteiger partial charge in [-0.2, -0.15) is 13.2 Å². The fourth-order valence-corrected chi connectivity index (χ4v) is 1.70. The second-order valence-electron chi connectivity index (χ2n) is 5.28. The molecule has 0 spiro atoms. The Balaban J connectivity index is 5.04. The molecule has 0 radical (unpaired) electrons. The number of carbonyl (C=O) groups excluding carboxylic acids is 1. The van der Waals surface area contributed by atoms with Crippen LogP contribution in [0.4, 0.5) is 18.0 Å². The van der Waals surface area contributed by atoms with E-state index in [2.05, 4.69) is 0 Å². The average Bonchev–Trinajstić information content (AvgIpc) is 2.22. The summed E-state index contributed by atoms with van der Waals surface area (Å²) < 4.78 is 41.3. The van der Waals surface area contributed by atoms with Gasteiger partial charge in [-0.05, 0) is 5.41 Å². The third-order valence-electron chi connectivity index (χ3n) is 2.43. The van der Waals surface area contributed by atoms with Crippen LogP contribution in [-0.4, -0.2) is 49.1 Å². The number of alkyl halides is 3. The number of amides is 2. The zero-order valence-electron chi connectivity index (χ0n) is 11.7. The van der Waals surface area contributed by atoms with E-state index in [4.69, 9.17) is 9.84 Å². The lowest BCUT2D eigenvalue weighted by atomic mass is 9.84. The van der Waals surface area contributed by atoms with Crippen LogP contribution in [0.25, 0.3) is 0 Å². The molecule has 0 saturated carbocycles. The van der Waals surface area contributed by atoms with Crippen molar-refractivity contribution in [1.29, 1.82) is 0 Å². The van der Waals surface area contributed by atoms with E-state index in [9.17, 15) is 22.8 Å². The topological polar surface area (TPSA) is 87.7 Å². The van der Waals surface area contributed by atoms with Gasteiger partial charge in [0.25, 0.3) is 0 Å². The number of hydrogen-bond acceptors (Lipinski definition) is 3. The van der Waals surface area contributed by atoms with Crippen LogP contribution in [0, 0.1) is 5.41 Å². The molecule has 0 saturated heterocycles. The van der Waals surface area contributed by atoms with Crippen molar-refractivity contribution >= 4 is 12.0 Å². The molecule has 20 heavy (non-hydrogen) atoms. The van der Waals surface area contributed by atoms with Gasteiger partial charge in [0.15, 0.2) is 0 Å². The second kappa shape index (κ2) is 6.78. The van der Waals surface area contributed by atoms with Gasteiger partial charge in [0.05, 0.1) is 6.10 Å². The average molecular weight is 300 g/mol. The predicted octanol–water partition coefficient (Wildman–Crippen LogP) is 1.36. The summed E-state index contributed by atoms with van der Waals surface area (Å²) in [7, 11) is 1.25. The first kappa shape index (κ1) is 18.5. The summed E-state index contributed by atoms with van der Waals surface area (Å²) in [6.45, 7) is 3.49. The number of carbonyl (C=O) groups is 2. The molecule has 0 aromatic heterocycles. The van der Waals surface area contributed by atoms with E-state index in [1.54, 1.807) is 26.1 Å². The molecular formula is C11H19F3N2O4. The van der Waals surface area contributed by atoms with Crippen LogP contribution in [0.3, 0.4) is 0 Å². The normalized spacial score (nSPS) is 15.3. The number of methoxy groups -OCH3 is 1. The summed E-state index contributed by atoms with van der Waals surface area (Å²) in [5.74, 6) is -1.09. The van der Waals surface area contributed by atoms with Crippen molar-refractivity contribution in [2.45, 2.75) is 39.1 Å². The molecule has 9 heteroatoms. The van der Waals surface area contributed by atoms with Crippen LogP contribution in [0.1, 0.15) is 20.8 Å². The maximum absolute atomic E-state index is 12.1. The van der Waals surface area contributed by atoms with Crippen molar-refractivity contribution in [1.82, 2.24) is 10.6 Å². The minimum atomic E-state index is -4.58. The quantitative estimate of drug-likeness (QED) is 0.715. The van der Waals surface area contributed by atoms with E-state index in [-0.39, 0.29) is 0 Å². The molecule has 0 aromatic carbocycles. The molecule has 0 aliphatic rings. The molecule has 6 nitrogen and oxygen atoms in total. The van der Waals surface area contributed by atoms with Gasteiger partial charge < -0.3 is 20.5 Å². The van der Waals surface area contributed by atoms with Crippen molar-refractivity contribution in [3.05, 3.63) is 0 Å². The first-order valence-electron chi connectivity index (χ1n) is 5.75. The van der Waals surface area contributed by atoms with Crippen molar-refractivity contribution in [3.63, 3.8) is 0 Å². The van der Waals surface area contributed by atoms with Crippen molar-refractivity contribution in [2.24, 2.45) is 5.41 Å². The van der Waals surface area contributed by atoms with E-state index in [1.807, 2.05) is 5.32 Å². The Hall–Kier alpha value is -1.51. The molecule has 0 aliphatic carbocycles. The molecular weight excluding hydrogens is 281 g/mol. The van der Waals surface area contributed by atoms with Gasteiger partial charge in [-0.3, -0.25) is 4.79 Å². The third kappa shape index (κ3) is 6.60. The summed E-state index contributed by atoms with van der Waals surface area (Å²) in [6.07, 6.45) is -7.02. The minimum Gasteiger partial charge on any atom is -0.465 e. The maximum Gasteiger partial charge on any atom is 0.405 e. The highest BCUT2D eigenvalue weighted by Gasteiger charge is 2.39. The Morgan fingerprint density at radius 3 is 2.05 bits per heavy atom. The zero-order chi connectivity index (χ0) is 16.1. The lowest BCUT2D eigenvalue weighted by Gasteiger charge is -2.34. The molecule has 0 bridgehead atoms. The number of rotatable bonds is 5. The van der Waals surface area contributed by atoms with Crippen LogP contribution >= 0.6 is 0 Å². The summed E-state index contributed by atoms with van der Waals surface area (Å²) in [4.78, 5) is 22.4. The van der Waals surface area contributed by atoms with Crippen LogP contribution in [0.5, 0.6) is 0 Å². The molecule has 2 atom stereocenters. The summed E-state index contributed by atoms with van der Waals surface area (Å²) in [5, 5.41) is 12.2. The minimum absolute atomic E-state index is 0.655. The summed E-state index contributed by atoms with van der Waals surface area (Å²) in [5.41, 5.74) is -0.655. The third-order valence-corrected chi connectivity index (χ3v) is 2.43. The predicted molar refractivity (Wildman–Crippen MR) is 64.3 cm³/mol. The number of nitrogens with one attached hydrogen (secondary N) is 2. The summed E-state index contributed by atoms with van der Waals surface area (Å²) in [6, 6.07) is -1.44. The number of ether oxygens (including phenoxy) is 1. The highest BCUT2D eigenvalue weighted by molar-refractivity contribution is 5.86. The Morgan fingerprint density at radius 1 is 1.25 bits per heavy atom. The van der Waals surface area contributed by atoms with Crippen molar-refractivity contribution < 1.29 is 32.6 Å². The van der Waals surface area contributed by atoms with Gasteiger partial charge in [0.1, 0.15) is 12.6 Å². The molecule has 0 aliphatic heterocycles. The van der Waals surface area contributed by atoms with Gasteiger partial charge in [-0.15, -0.1) is 0 Å². The smallest absolute Gasteiger partial charge is 0.405 e. The molecule has 2 unspecified atom stereocenters. The van der Waals surface area contributed by atoms with Gasteiger partial charge in [0, 0.05) is 7.11 Å². The molecule has 2 amide bonds. The monoisotopic (exact) mass is 300 g/mol. The molecule has 118 valence electrons. The Morgan fingerprint density at radius 2 is 1.75 bits per heavy atom. The van der Waals surface area contributed by atoms with Crippen LogP contribution in [0.15, 0.2) is 0 Å². The van der Waals surface area contributed by atoms with Gasteiger partial charge in [-0.25, -0.2) is 4.79 Å². The van der Waals surface area contributed by atoms with E-state index in [0.29, 0.717) is 0 Å².